The summed E-state index contributed by atoms with van der Waals surface area (Å²) in [6, 6.07) is 9.87. The van der Waals surface area contributed by atoms with Crippen LogP contribution >= 0.6 is 11.6 Å². The van der Waals surface area contributed by atoms with Crippen molar-refractivity contribution in [3.05, 3.63) is 57.7 Å². The summed E-state index contributed by atoms with van der Waals surface area (Å²) in [5, 5.41) is 15.1. The molecule has 0 saturated heterocycles. The number of aromatic nitrogens is 1. The van der Waals surface area contributed by atoms with Crippen LogP contribution in [0.2, 0.25) is 5.02 Å². The minimum absolute atomic E-state index is 0.0848. The Morgan fingerprint density at radius 2 is 1.84 bits per heavy atom. The molecule has 0 saturated carbocycles. The fourth-order valence-corrected chi connectivity index (χ4v) is 2.65. The number of hydrogen-bond acceptors (Lipinski definition) is 6. The van der Waals surface area contributed by atoms with Crippen molar-refractivity contribution in [3.8, 4) is 11.5 Å². The van der Waals surface area contributed by atoms with Gasteiger partial charge in [-0.05, 0) is 24.3 Å². The van der Waals surface area contributed by atoms with Gasteiger partial charge in [0.2, 0.25) is 0 Å². The maximum atomic E-state index is 11.0. The van der Waals surface area contributed by atoms with Crippen LogP contribution < -0.4 is 14.8 Å². The Balaban J connectivity index is 2.07. The summed E-state index contributed by atoms with van der Waals surface area (Å²) in [6.07, 6.45) is 1.64. The van der Waals surface area contributed by atoms with E-state index in [4.69, 9.17) is 21.1 Å². The zero-order chi connectivity index (χ0) is 18.0. The Kier molecular flexibility index (Phi) is 4.58. The van der Waals surface area contributed by atoms with Crippen molar-refractivity contribution in [1.82, 2.24) is 4.98 Å². The lowest BCUT2D eigenvalue weighted by Crippen LogP contribution is -1.97. The Hall–Kier alpha value is -3.06. The molecule has 2 aromatic carbocycles. The number of nitrogens with zero attached hydrogens (tertiary/aromatic N) is 2. The molecular weight excluding hydrogens is 346 g/mol. The second-order valence-electron chi connectivity index (χ2n) is 5.13. The van der Waals surface area contributed by atoms with E-state index < -0.39 is 4.92 Å². The molecule has 8 heteroatoms. The topological polar surface area (TPSA) is 86.5 Å². The van der Waals surface area contributed by atoms with Gasteiger partial charge in [0.25, 0.3) is 5.69 Å². The highest BCUT2D eigenvalue weighted by molar-refractivity contribution is 6.32. The zero-order valence-corrected chi connectivity index (χ0v) is 14.2. The number of halogens is 1. The molecule has 0 unspecified atom stereocenters. The summed E-state index contributed by atoms with van der Waals surface area (Å²) in [5.74, 6) is 1.13. The highest BCUT2D eigenvalue weighted by Gasteiger charge is 2.14. The van der Waals surface area contributed by atoms with Crippen molar-refractivity contribution in [2.75, 3.05) is 19.5 Å². The fraction of sp³-hybridized carbons (Fsp3) is 0.118. The number of ether oxygens (including phenoxy) is 2. The molecule has 1 N–H and O–H groups in total. The third-order valence-corrected chi connectivity index (χ3v) is 3.99. The predicted molar refractivity (Wildman–Crippen MR) is 96.2 cm³/mol. The van der Waals surface area contributed by atoms with E-state index in [1.807, 2.05) is 0 Å². The smallest absolute Gasteiger partial charge is 0.289 e. The number of benzene rings is 2. The lowest BCUT2D eigenvalue weighted by molar-refractivity contribution is -0.384. The van der Waals surface area contributed by atoms with Gasteiger partial charge in [0, 0.05) is 35.1 Å². The lowest BCUT2D eigenvalue weighted by Gasteiger charge is -2.13. The molecule has 128 valence electrons. The summed E-state index contributed by atoms with van der Waals surface area (Å²) in [5.41, 5.74) is 1.80. The monoisotopic (exact) mass is 359 g/mol. The molecule has 0 radical (unpaired) electrons. The van der Waals surface area contributed by atoms with Crippen LogP contribution in [0.15, 0.2) is 42.6 Å². The molecule has 25 heavy (non-hydrogen) atoms. The van der Waals surface area contributed by atoms with Crippen molar-refractivity contribution in [1.29, 1.82) is 0 Å². The van der Waals surface area contributed by atoms with Gasteiger partial charge in [-0.2, -0.15) is 0 Å². The van der Waals surface area contributed by atoms with Crippen molar-refractivity contribution < 1.29 is 14.4 Å². The van der Waals surface area contributed by atoms with Crippen LogP contribution in [-0.2, 0) is 0 Å². The van der Waals surface area contributed by atoms with Crippen LogP contribution in [0.1, 0.15) is 0 Å². The molecule has 1 heterocycles. The van der Waals surface area contributed by atoms with Gasteiger partial charge in [-0.15, -0.1) is 0 Å². The van der Waals surface area contributed by atoms with E-state index in [0.717, 1.165) is 11.1 Å². The van der Waals surface area contributed by atoms with Crippen molar-refractivity contribution in [2.24, 2.45) is 0 Å². The Morgan fingerprint density at radius 3 is 2.52 bits per heavy atom. The number of rotatable bonds is 5. The number of methoxy groups -OCH3 is 2. The molecule has 0 fully saturated rings. The molecule has 0 amide bonds. The SMILES string of the molecule is COc1cc2nccc(Nc3ccc(Cl)c([N+](=O)[O-])c3)c2cc1OC. The molecule has 1 aromatic heterocycles. The van der Waals surface area contributed by atoms with Gasteiger partial charge in [-0.25, -0.2) is 0 Å². The second-order valence-corrected chi connectivity index (χ2v) is 5.54. The Labute approximate surface area is 148 Å². The zero-order valence-electron chi connectivity index (χ0n) is 13.4. The van der Waals surface area contributed by atoms with E-state index in [1.54, 1.807) is 44.7 Å². The maximum Gasteiger partial charge on any atom is 0.289 e. The maximum absolute atomic E-state index is 11.0. The van der Waals surface area contributed by atoms with E-state index in [-0.39, 0.29) is 10.7 Å². The number of anilines is 2. The van der Waals surface area contributed by atoms with Crippen molar-refractivity contribution in [2.45, 2.75) is 0 Å². The molecule has 3 aromatic rings. The van der Waals surface area contributed by atoms with Crippen molar-refractivity contribution >= 4 is 39.6 Å². The van der Waals surface area contributed by atoms with Gasteiger partial charge in [-0.3, -0.25) is 15.1 Å². The quantitative estimate of drug-likeness (QED) is 0.531. The molecule has 0 atom stereocenters. The molecule has 7 nitrogen and oxygen atoms in total. The van der Waals surface area contributed by atoms with Crippen LogP contribution in [0.5, 0.6) is 11.5 Å². The van der Waals surface area contributed by atoms with Gasteiger partial charge in [0.05, 0.1) is 24.7 Å². The van der Waals surface area contributed by atoms with E-state index >= 15 is 0 Å². The van der Waals surface area contributed by atoms with Crippen LogP contribution in [0, 0.1) is 10.1 Å². The van der Waals surface area contributed by atoms with Gasteiger partial charge >= 0.3 is 0 Å². The Morgan fingerprint density at radius 1 is 1.12 bits per heavy atom. The average Bonchev–Trinajstić information content (AvgIpc) is 2.62. The van der Waals surface area contributed by atoms with Crippen LogP contribution in [0.3, 0.4) is 0 Å². The van der Waals surface area contributed by atoms with Crippen LogP contribution in [-0.4, -0.2) is 24.1 Å². The number of nitrogens with one attached hydrogen (secondary N) is 1. The molecular formula is C17H14ClN3O4. The normalized spacial score (nSPS) is 10.5. The largest absolute Gasteiger partial charge is 0.493 e. The number of pyridine rings is 1. The summed E-state index contributed by atoms with van der Waals surface area (Å²) >= 11 is 5.85. The van der Waals surface area contributed by atoms with E-state index in [1.165, 1.54) is 12.1 Å². The number of hydrogen-bond donors (Lipinski definition) is 1. The van der Waals surface area contributed by atoms with E-state index in [9.17, 15) is 10.1 Å². The van der Waals surface area contributed by atoms with Gasteiger partial charge in [-0.1, -0.05) is 11.6 Å². The van der Waals surface area contributed by atoms with Crippen LogP contribution in [0.4, 0.5) is 17.1 Å². The molecule has 0 bridgehead atoms. The van der Waals surface area contributed by atoms with E-state index in [2.05, 4.69) is 10.3 Å². The van der Waals surface area contributed by atoms with Crippen LogP contribution in [0.25, 0.3) is 10.9 Å². The number of fused-ring (bicyclic) bond motifs is 1. The first-order valence-corrected chi connectivity index (χ1v) is 7.63. The first kappa shape index (κ1) is 16.8. The number of nitro benzene ring substituents is 1. The molecule has 0 aliphatic heterocycles. The molecule has 0 aliphatic carbocycles. The third kappa shape index (κ3) is 3.27. The summed E-state index contributed by atoms with van der Waals surface area (Å²) in [6.45, 7) is 0. The van der Waals surface area contributed by atoms with Gasteiger partial charge in [0.15, 0.2) is 11.5 Å². The highest BCUT2D eigenvalue weighted by atomic mass is 35.5. The minimum Gasteiger partial charge on any atom is -0.493 e. The fourth-order valence-electron chi connectivity index (χ4n) is 2.47. The summed E-state index contributed by atoms with van der Waals surface area (Å²) in [7, 11) is 3.11. The third-order valence-electron chi connectivity index (χ3n) is 3.67. The predicted octanol–water partition coefficient (Wildman–Crippen LogP) is 4.56. The van der Waals surface area contributed by atoms with Crippen molar-refractivity contribution in [3.63, 3.8) is 0 Å². The summed E-state index contributed by atoms with van der Waals surface area (Å²) in [4.78, 5) is 14.8. The first-order chi connectivity index (χ1) is 12.0. The standard InChI is InChI=1S/C17H14ClN3O4/c1-24-16-8-11-13(5-6-19-14(11)9-17(16)25-2)20-10-3-4-12(18)15(7-10)21(22)23/h3-9H,1-2H3,(H,19,20). The second kappa shape index (κ2) is 6.82. The molecule has 0 spiro atoms. The van der Waals surface area contributed by atoms with E-state index in [0.29, 0.717) is 22.7 Å². The highest BCUT2D eigenvalue weighted by Crippen LogP contribution is 2.36. The average molecular weight is 360 g/mol. The number of nitro groups is 1. The first-order valence-electron chi connectivity index (χ1n) is 7.25. The van der Waals surface area contributed by atoms with Gasteiger partial charge in [0.1, 0.15) is 5.02 Å². The Bertz CT molecular complexity index is 962. The lowest BCUT2D eigenvalue weighted by atomic mass is 10.1. The van der Waals surface area contributed by atoms with Gasteiger partial charge < -0.3 is 14.8 Å². The molecule has 3 rings (SSSR count). The molecule has 0 aliphatic rings. The summed E-state index contributed by atoms with van der Waals surface area (Å²) < 4.78 is 10.6. The minimum atomic E-state index is -0.522.